The van der Waals surface area contributed by atoms with Crippen molar-refractivity contribution in [2.45, 2.75) is 64.5 Å². The average molecular weight is 275 g/mol. The summed E-state index contributed by atoms with van der Waals surface area (Å²) < 4.78 is 0. The molecule has 0 spiro atoms. The average Bonchev–Trinajstić information content (AvgIpc) is 2.38. The van der Waals surface area contributed by atoms with Crippen LogP contribution in [0.2, 0.25) is 0 Å². The minimum absolute atomic E-state index is 0.311. The number of hydrogen-bond acceptors (Lipinski definition) is 2. The van der Waals surface area contributed by atoms with E-state index in [-0.39, 0.29) is 0 Å². The zero-order valence-electron chi connectivity index (χ0n) is 12.7. The second-order valence-corrected chi connectivity index (χ2v) is 6.29. The molecule has 0 aromatic heterocycles. The highest BCUT2D eigenvalue weighted by atomic mass is 16.4. The third kappa shape index (κ3) is 3.21. The van der Waals surface area contributed by atoms with E-state index in [1.807, 2.05) is 26.0 Å². The number of carboxylic acids is 1. The van der Waals surface area contributed by atoms with Crippen molar-refractivity contribution in [1.29, 1.82) is 0 Å². The first kappa shape index (κ1) is 15.0. The summed E-state index contributed by atoms with van der Waals surface area (Å²) in [7, 11) is 0. The molecule has 2 N–H and O–H groups in total. The van der Waals surface area contributed by atoms with Crippen molar-refractivity contribution in [3.8, 4) is 0 Å². The van der Waals surface area contributed by atoms with Crippen LogP contribution in [0.1, 0.15) is 55.7 Å². The van der Waals surface area contributed by atoms with Gasteiger partial charge in [-0.25, -0.2) is 4.79 Å². The van der Waals surface area contributed by atoms with Crippen molar-refractivity contribution in [2.75, 3.05) is 0 Å². The molecule has 3 heteroatoms. The first-order valence-electron chi connectivity index (χ1n) is 7.51. The Labute approximate surface area is 121 Å². The number of carbonyl (C=O) groups is 1. The molecule has 110 valence electrons. The van der Waals surface area contributed by atoms with E-state index in [2.05, 4.69) is 11.4 Å². The fourth-order valence-electron chi connectivity index (χ4n) is 3.19. The van der Waals surface area contributed by atoms with Gasteiger partial charge in [0, 0.05) is 6.04 Å². The summed E-state index contributed by atoms with van der Waals surface area (Å²) in [4.78, 5) is 11.9. The fourth-order valence-corrected chi connectivity index (χ4v) is 3.19. The molecule has 1 aliphatic carbocycles. The predicted molar refractivity (Wildman–Crippen MR) is 80.9 cm³/mol. The molecule has 0 aliphatic heterocycles. The van der Waals surface area contributed by atoms with Crippen LogP contribution < -0.4 is 5.32 Å². The summed E-state index contributed by atoms with van der Waals surface area (Å²) in [5.41, 5.74) is 2.07. The molecule has 1 atom stereocenters. The van der Waals surface area contributed by atoms with Crippen LogP contribution in [-0.2, 0) is 10.3 Å². The van der Waals surface area contributed by atoms with Crippen molar-refractivity contribution in [3.63, 3.8) is 0 Å². The highest BCUT2D eigenvalue weighted by Crippen LogP contribution is 2.27. The van der Waals surface area contributed by atoms with Crippen LogP contribution in [0.4, 0.5) is 0 Å². The van der Waals surface area contributed by atoms with Gasteiger partial charge >= 0.3 is 5.97 Å². The Kier molecular flexibility index (Phi) is 4.48. The Balaban J connectivity index is 2.30. The van der Waals surface area contributed by atoms with Gasteiger partial charge in [0.25, 0.3) is 0 Å². The third-order valence-corrected chi connectivity index (χ3v) is 4.32. The summed E-state index contributed by atoms with van der Waals surface area (Å²) in [6, 6.07) is 6.35. The number of hydrogen-bond donors (Lipinski definition) is 2. The van der Waals surface area contributed by atoms with Crippen LogP contribution in [0.5, 0.6) is 0 Å². The van der Waals surface area contributed by atoms with E-state index >= 15 is 0 Å². The van der Waals surface area contributed by atoms with Gasteiger partial charge in [0.15, 0.2) is 0 Å². The van der Waals surface area contributed by atoms with Gasteiger partial charge in [0.1, 0.15) is 5.54 Å². The van der Waals surface area contributed by atoms with Gasteiger partial charge < -0.3 is 5.11 Å². The molecule has 2 rings (SSSR count). The lowest BCUT2D eigenvalue weighted by Crippen LogP contribution is -2.51. The Bertz CT molecular complexity index is 472. The highest BCUT2D eigenvalue weighted by molar-refractivity contribution is 5.80. The third-order valence-electron chi connectivity index (χ3n) is 4.32. The zero-order chi connectivity index (χ0) is 14.8. The second kappa shape index (κ2) is 5.96. The number of rotatable bonds is 4. The van der Waals surface area contributed by atoms with Gasteiger partial charge in [-0.3, -0.25) is 5.32 Å². The summed E-state index contributed by atoms with van der Waals surface area (Å²) in [6.45, 7) is 5.82. The largest absolute Gasteiger partial charge is 0.480 e. The SMILES string of the molecule is Cc1cc(C)cc(C(C)(NC2CCCCC2)C(=O)O)c1. The van der Waals surface area contributed by atoms with Gasteiger partial charge in [-0.1, -0.05) is 48.6 Å². The predicted octanol–water partition coefficient (Wildman–Crippen LogP) is 3.53. The first-order chi connectivity index (χ1) is 9.41. The fraction of sp³-hybridized carbons (Fsp3) is 0.588. The van der Waals surface area contributed by atoms with Crippen LogP contribution in [0.15, 0.2) is 18.2 Å². The first-order valence-corrected chi connectivity index (χ1v) is 7.51. The van der Waals surface area contributed by atoms with Crippen LogP contribution in [0.3, 0.4) is 0 Å². The lowest BCUT2D eigenvalue weighted by molar-refractivity contribution is -0.145. The topological polar surface area (TPSA) is 49.3 Å². The van der Waals surface area contributed by atoms with Crippen molar-refractivity contribution in [2.24, 2.45) is 0 Å². The highest BCUT2D eigenvalue weighted by Gasteiger charge is 2.37. The van der Waals surface area contributed by atoms with Gasteiger partial charge in [-0.05, 0) is 39.2 Å². The van der Waals surface area contributed by atoms with Crippen LogP contribution in [-0.4, -0.2) is 17.1 Å². The quantitative estimate of drug-likeness (QED) is 0.884. The van der Waals surface area contributed by atoms with Gasteiger partial charge in [0.2, 0.25) is 0 Å². The lowest BCUT2D eigenvalue weighted by Gasteiger charge is -2.34. The van der Waals surface area contributed by atoms with Crippen LogP contribution >= 0.6 is 0 Å². The van der Waals surface area contributed by atoms with Crippen molar-refractivity contribution >= 4 is 5.97 Å². The van der Waals surface area contributed by atoms with E-state index in [1.165, 1.54) is 19.3 Å². The van der Waals surface area contributed by atoms with Crippen molar-refractivity contribution in [3.05, 3.63) is 34.9 Å². The van der Waals surface area contributed by atoms with E-state index in [0.717, 1.165) is 29.5 Å². The molecule has 0 radical (unpaired) electrons. The van der Waals surface area contributed by atoms with E-state index in [0.29, 0.717) is 6.04 Å². The number of aryl methyl sites for hydroxylation is 2. The maximum absolute atomic E-state index is 11.9. The molecule has 1 aliphatic rings. The van der Waals surface area contributed by atoms with Gasteiger partial charge in [-0.2, -0.15) is 0 Å². The molecule has 20 heavy (non-hydrogen) atoms. The lowest BCUT2D eigenvalue weighted by atomic mass is 9.86. The second-order valence-electron chi connectivity index (χ2n) is 6.29. The molecule has 0 saturated heterocycles. The van der Waals surface area contributed by atoms with Crippen molar-refractivity contribution < 1.29 is 9.90 Å². The maximum Gasteiger partial charge on any atom is 0.328 e. The number of benzene rings is 1. The van der Waals surface area contributed by atoms with Crippen LogP contribution in [0, 0.1) is 13.8 Å². The molecule has 0 bridgehead atoms. The molecular formula is C17H25NO2. The van der Waals surface area contributed by atoms with Gasteiger partial charge in [0.05, 0.1) is 0 Å². The Morgan fingerprint density at radius 3 is 2.20 bits per heavy atom. The molecular weight excluding hydrogens is 250 g/mol. The van der Waals surface area contributed by atoms with Crippen LogP contribution in [0.25, 0.3) is 0 Å². The van der Waals surface area contributed by atoms with Gasteiger partial charge in [-0.15, -0.1) is 0 Å². The molecule has 1 saturated carbocycles. The van der Waals surface area contributed by atoms with E-state index in [1.54, 1.807) is 6.92 Å². The van der Waals surface area contributed by atoms with E-state index < -0.39 is 11.5 Å². The number of carboxylic acid groups (broad SMARTS) is 1. The summed E-state index contributed by atoms with van der Waals surface area (Å²) in [5.74, 6) is -0.798. The normalized spacial score (nSPS) is 19.6. The summed E-state index contributed by atoms with van der Waals surface area (Å²) >= 11 is 0. The molecule has 3 nitrogen and oxygen atoms in total. The zero-order valence-corrected chi connectivity index (χ0v) is 12.7. The van der Waals surface area contributed by atoms with Crippen molar-refractivity contribution in [1.82, 2.24) is 5.32 Å². The Hall–Kier alpha value is -1.35. The standard InChI is InChI=1S/C17H25NO2/c1-12-9-13(2)11-14(10-12)17(3,16(19)20)18-15-7-5-4-6-8-15/h9-11,15,18H,4-8H2,1-3H3,(H,19,20). The molecule has 1 aromatic rings. The number of aliphatic carboxylic acids is 1. The molecule has 1 unspecified atom stereocenters. The Morgan fingerprint density at radius 1 is 1.15 bits per heavy atom. The smallest absolute Gasteiger partial charge is 0.328 e. The summed E-state index contributed by atoms with van der Waals surface area (Å²) in [5, 5.41) is 13.1. The maximum atomic E-state index is 11.9. The molecule has 1 fully saturated rings. The molecule has 0 amide bonds. The molecule has 0 heterocycles. The van der Waals surface area contributed by atoms with E-state index in [4.69, 9.17) is 0 Å². The van der Waals surface area contributed by atoms with E-state index in [9.17, 15) is 9.90 Å². The minimum Gasteiger partial charge on any atom is -0.480 e. The number of nitrogens with one attached hydrogen (secondary N) is 1. The monoisotopic (exact) mass is 275 g/mol. The molecule has 1 aromatic carbocycles. The summed E-state index contributed by atoms with van der Waals surface area (Å²) in [6.07, 6.45) is 5.81. The Morgan fingerprint density at radius 2 is 1.70 bits per heavy atom. The minimum atomic E-state index is -1.00.